The zero-order valence-corrected chi connectivity index (χ0v) is 18.2. The number of hydrogen-bond donors (Lipinski definition) is 1. The van der Waals surface area contributed by atoms with Crippen molar-refractivity contribution in [2.75, 3.05) is 22.8 Å². The number of rotatable bonds is 6. The van der Waals surface area contributed by atoms with Crippen LogP contribution in [-0.2, 0) is 21.2 Å². The first-order chi connectivity index (χ1) is 14.9. The molecule has 160 valence electrons. The number of ether oxygens (including phenoxy) is 1. The molecule has 3 aromatic rings. The van der Waals surface area contributed by atoms with Gasteiger partial charge in [0.1, 0.15) is 5.75 Å². The number of benzene rings is 3. The molecule has 0 atom stereocenters. The van der Waals surface area contributed by atoms with E-state index in [1.165, 1.54) is 16.4 Å². The highest BCUT2D eigenvalue weighted by atomic mass is 35.5. The Bertz CT molecular complexity index is 1180. The molecule has 0 radical (unpaired) electrons. The first-order valence-electron chi connectivity index (χ1n) is 9.82. The smallest absolute Gasteiger partial charge is 0.264 e. The zero-order chi connectivity index (χ0) is 21.8. The molecule has 0 aliphatic carbocycles. The molecule has 1 N–H and O–H groups in total. The number of anilines is 2. The summed E-state index contributed by atoms with van der Waals surface area (Å²) in [6.45, 7) is 0.247. The topological polar surface area (TPSA) is 75.7 Å². The predicted octanol–water partition coefficient (Wildman–Crippen LogP) is 4.50. The van der Waals surface area contributed by atoms with Crippen LogP contribution < -0.4 is 14.4 Å². The summed E-state index contributed by atoms with van der Waals surface area (Å²) in [5.41, 5.74) is 2.37. The lowest BCUT2D eigenvalue weighted by Crippen LogP contribution is -2.35. The summed E-state index contributed by atoms with van der Waals surface area (Å²) in [6, 6.07) is 20.4. The minimum absolute atomic E-state index is 0.183. The number of fused-ring (bicyclic) bond motifs is 1. The van der Waals surface area contributed by atoms with E-state index >= 15 is 0 Å². The number of nitrogens with zero attached hydrogens (tertiary/aromatic N) is 1. The van der Waals surface area contributed by atoms with Gasteiger partial charge in [0.25, 0.3) is 15.9 Å². The Morgan fingerprint density at radius 1 is 1.00 bits per heavy atom. The maximum Gasteiger partial charge on any atom is 0.264 e. The van der Waals surface area contributed by atoms with Gasteiger partial charge in [-0.3, -0.25) is 9.10 Å². The molecule has 4 rings (SSSR count). The maximum absolute atomic E-state index is 13.2. The number of nitrogens with one attached hydrogen (secondary N) is 1. The van der Waals surface area contributed by atoms with Crippen molar-refractivity contribution >= 4 is 38.9 Å². The number of para-hydroxylation sites is 1. The molecule has 1 heterocycles. The summed E-state index contributed by atoms with van der Waals surface area (Å²) in [7, 11) is -3.68. The highest BCUT2D eigenvalue weighted by molar-refractivity contribution is 7.92. The van der Waals surface area contributed by atoms with Crippen molar-refractivity contribution in [3.8, 4) is 5.75 Å². The van der Waals surface area contributed by atoms with E-state index in [9.17, 15) is 13.2 Å². The van der Waals surface area contributed by atoms with Gasteiger partial charge < -0.3 is 10.1 Å². The summed E-state index contributed by atoms with van der Waals surface area (Å²) in [6.07, 6.45) is 1.65. The van der Waals surface area contributed by atoms with Gasteiger partial charge in [-0.1, -0.05) is 29.8 Å². The standard InChI is InChI=1S/C23H21ClN2O4S/c24-18-7-9-19(10-8-18)25-23(27)16-30-20-11-13-21(14-12-20)31(28,29)26-15-3-5-17-4-1-2-6-22(17)26/h1-2,4,6-14H,3,5,15-16H2,(H,25,27). The minimum atomic E-state index is -3.68. The van der Waals surface area contributed by atoms with Crippen LogP contribution in [0.25, 0.3) is 0 Å². The SMILES string of the molecule is O=C(COc1ccc(S(=O)(=O)N2CCCc3ccccc32)cc1)Nc1ccc(Cl)cc1. The van der Waals surface area contributed by atoms with Crippen molar-refractivity contribution in [1.82, 2.24) is 0 Å². The van der Waals surface area contributed by atoms with Crippen molar-refractivity contribution in [3.63, 3.8) is 0 Å². The quantitative estimate of drug-likeness (QED) is 0.592. The van der Waals surface area contributed by atoms with E-state index in [-0.39, 0.29) is 17.4 Å². The second-order valence-electron chi connectivity index (χ2n) is 7.12. The summed E-state index contributed by atoms with van der Waals surface area (Å²) < 4.78 is 33.3. The van der Waals surface area contributed by atoms with E-state index in [0.29, 0.717) is 23.0 Å². The molecule has 3 aromatic carbocycles. The Balaban J connectivity index is 1.41. The normalized spacial score (nSPS) is 13.4. The van der Waals surface area contributed by atoms with Crippen molar-refractivity contribution in [3.05, 3.63) is 83.4 Å². The molecule has 8 heteroatoms. The van der Waals surface area contributed by atoms with Gasteiger partial charge in [0.15, 0.2) is 6.61 Å². The van der Waals surface area contributed by atoms with E-state index in [1.54, 1.807) is 36.4 Å². The summed E-state index contributed by atoms with van der Waals surface area (Å²) >= 11 is 5.83. The number of aryl methyl sites for hydroxylation is 1. The lowest BCUT2D eigenvalue weighted by molar-refractivity contribution is -0.118. The minimum Gasteiger partial charge on any atom is -0.484 e. The third kappa shape index (κ3) is 4.84. The fraction of sp³-hybridized carbons (Fsp3) is 0.174. The number of halogens is 1. The number of carbonyl (C=O) groups excluding carboxylic acids is 1. The molecule has 1 aliphatic heterocycles. The van der Waals surface area contributed by atoms with E-state index in [0.717, 1.165) is 24.1 Å². The molecule has 0 aromatic heterocycles. The zero-order valence-electron chi connectivity index (χ0n) is 16.6. The molecule has 6 nitrogen and oxygen atoms in total. The van der Waals surface area contributed by atoms with E-state index in [1.807, 2.05) is 24.3 Å². The Morgan fingerprint density at radius 2 is 1.71 bits per heavy atom. The van der Waals surface area contributed by atoms with Gasteiger partial charge in [0.2, 0.25) is 0 Å². The molecule has 0 saturated carbocycles. The van der Waals surface area contributed by atoms with Crippen LogP contribution in [0, 0.1) is 0 Å². The third-order valence-electron chi connectivity index (χ3n) is 4.98. The first kappa shape index (κ1) is 21.2. The first-order valence-corrected chi connectivity index (χ1v) is 11.6. The Kier molecular flexibility index (Phi) is 6.15. The van der Waals surface area contributed by atoms with Crippen molar-refractivity contribution in [1.29, 1.82) is 0 Å². The fourth-order valence-corrected chi connectivity index (χ4v) is 5.13. The maximum atomic E-state index is 13.2. The van der Waals surface area contributed by atoms with Gasteiger partial charge >= 0.3 is 0 Å². The highest BCUT2D eigenvalue weighted by Crippen LogP contribution is 2.32. The van der Waals surface area contributed by atoms with E-state index in [4.69, 9.17) is 16.3 Å². The number of hydrogen-bond acceptors (Lipinski definition) is 4. The molecular formula is C23H21ClN2O4S. The largest absolute Gasteiger partial charge is 0.484 e. The predicted molar refractivity (Wildman–Crippen MR) is 121 cm³/mol. The molecule has 0 saturated heterocycles. The Labute approximate surface area is 186 Å². The van der Waals surface area contributed by atoms with Crippen LogP contribution in [0.15, 0.2) is 77.7 Å². The van der Waals surface area contributed by atoms with Crippen LogP contribution in [0.5, 0.6) is 5.75 Å². The number of sulfonamides is 1. The van der Waals surface area contributed by atoms with E-state index in [2.05, 4.69) is 5.32 Å². The third-order valence-corrected chi connectivity index (χ3v) is 7.06. The van der Waals surface area contributed by atoms with Gasteiger partial charge in [0, 0.05) is 17.3 Å². The van der Waals surface area contributed by atoms with Gasteiger partial charge in [-0.15, -0.1) is 0 Å². The van der Waals surface area contributed by atoms with Crippen LogP contribution in [0.4, 0.5) is 11.4 Å². The molecule has 0 fully saturated rings. The average molecular weight is 457 g/mol. The van der Waals surface area contributed by atoms with Gasteiger partial charge in [-0.2, -0.15) is 0 Å². The fourth-order valence-electron chi connectivity index (χ4n) is 3.46. The Hall–Kier alpha value is -3.03. The second-order valence-corrected chi connectivity index (χ2v) is 9.42. The monoisotopic (exact) mass is 456 g/mol. The summed E-state index contributed by atoms with van der Waals surface area (Å²) in [4.78, 5) is 12.2. The highest BCUT2D eigenvalue weighted by Gasteiger charge is 2.28. The molecule has 1 aliphatic rings. The molecule has 0 unspecified atom stereocenters. The van der Waals surface area contributed by atoms with Crippen molar-refractivity contribution in [2.45, 2.75) is 17.7 Å². The number of amides is 1. The van der Waals surface area contributed by atoms with Crippen LogP contribution in [0.1, 0.15) is 12.0 Å². The molecular weight excluding hydrogens is 436 g/mol. The molecule has 31 heavy (non-hydrogen) atoms. The molecule has 0 bridgehead atoms. The van der Waals surface area contributed by atoms with Crippen molar-refractivity contribution < 1.29 is 17.9 Å². The van der Waals surface area contributed by atoms with Crippen molar-refractivity contribution in [2.24, 2.45) is 0 Å². The van der Waals surface area contributed by atoms with Crippen LogP contribution in [0.3, 0.4) is 0 Å². The summed E-state index contributed by atoms with van der Waals surface area (Å²) in [5.74, 6) is 0.0770. The lowest BCUT2D eigenvalue weighted by atomic mass is 10.0. The van der Waals surface area contributed by atoms with Gasteiger partial charge in [0.05, 0.1) is 10.6 Å². The second kappa shape index (κ2) is 8.99. The number of carbonyl (C=O) groups is 1. The lowest BCUT2D eigenvalue weighted by Gasteiger charge is -2.30. The molecule has 1 amide bonds. The summed E-state index contributed by atoms with van der Waals surface area (Å²) in [5, 5.41) is 3.28. The van der Waals surface area contributed by atoms with E-state index < -0.39 is 10.0 Å². The van der Waals surface area contributed by atoms with Crippen LogP contribution >= 0.6 is 11.6 Å². The van der Waals surface area contributed by atoms with Gasteiger partial charge in [-0.05, 0) is 73.0 Å². The van der Waals surface area contributed by atoms with Crippen LogP contribution in [-0.4, -0.2) is 27.5 Å². The molecule has 0 spiro atoms. The van der Waals surface area contributed by atoms with Crippen LogP contribution in [0.2, 0.25) is 5.02 Å². The average Bonchev–Trinajstić information content (AvgIpc) is 2.79. The van der Waals surface area contributed by atoms with Gasteiger partial charge in [-0.25, -0.2) is 8.42 Å². The Morgan fingerprint density at radius 3 is 2.45 bits per heavy atom.